The van der Waals surface area contributed by atoms with Gasteiger partial charge in [0.05, 0.1) is 0 Å². The van der Waals surface area contributed by atoms with E-state index in [0.717, 1.165) is 50.0 Å². The first-order valence-electron chi connectivity index (χ1n) is 22.4. The van der Waals surface area contributed by atoms with Crippen LogP contribution in [0.5, 0.6) is 0 Å². The van der Waals surface area contributed by atoms with E-state index in [-0.39, 0.29) is 0 Å². The molecule has 0 saturated carbocycles. The molecule has 0 aromatic rings. The summed E-state index contributed by atoms with van der Waals surface area (Å²) in [6.45, 7) is 19.4. The number of rotatable bonds is 38. The number of carbonyl (C=O) groups is 1. The molecule has 0 atom stereocenters. The Hall–Kier alpha value is 0.787. The fourth-order valence-corrected chi connectivity index (χ4v) is 47.2. The normalized spacial score (nSPS) is 12.4. The Morgan fingerprint density at radius 3 is 1.12 bits per heavy atom. The first-order chi connectivity index (χ1) is 24.2. The Balaban J connectivity index is 6.51. The molecule has 0 spiro atoms. The van der Waals surface area contributed by atoms with Crippen molar-refractivity contribution in [3.63, 3.8) is 0 Å². The predicted molar refractivity (Wildman–Crippen MR) is 223 cm³/mol. The van der Waals surface area contributed by atoms with E-state index < -0.39 is 44.6 Å². The van der Waals surface area contributed by atoms with E-state index in [1.54, 1.807) is 0 Å². The van der Waals surface area contributed by atoms with E-state index in [1.165, 1.54) is 141 Å². The third-order valence-electron chi connectivity index (χ3n) is 10.3. The molecule has 0 N–H and O–H groups in total. The molecule has 0 fully saturated rings. The molecule has 300 valence electrons. The van der Waals surface area contributed by atoms with Gasteiger partial charge in [0.25, 0.3) is 0 Å². The van der Waals surface area contributed by atoms with Gasteiger partial charge >= 0.3 is 327 Å². The molecule has 5 nitrogen and oxygen atoms in total. The van der Waals surface area contributed by atoms with Crippen molar-refractivity contribution in [3.8, 4) is 0 Å². The van der Waals surface area contributed by atoms with Crippen molar-refractivity contribution in [2.75, 3.05) is 13.2 Å². The molecular weight excluding hydrogens is 834 g/mol. The van der Waals surface area contributed by atoms with E-state index >= 15 is 0 Å². The van der Waals surface area contributed by atoms with Crippen LogP contribution in [-0.4, -0.2) is 57.8 Å². The minimum absolute atomic E-state index is 0.432. The second kappa shape index (κ2) is 35.5. The van der Waals surface area contributed by atoms with Gasteiger partial charge in [0.15, 0.2) is 0 Å². The van der Waals surface area contributed by atoms with Crippen LogP contribution >= 0.6 is 0 Å². The van der Waals surface area contributed by atoms with Crippen LogP contribution in [0.2, 0.25) is 17.7 Å². The summed E-state index contributed by atoms with van der Waals surface area (Å²) < 4.78 is 31.9. The summed E-state index contributed by atoms with van der Waals surface area (Å²) in [5.74, 6) is 1.10. The number of hydrogen-bond acceptors (Lipinski definition) is 5. The van der Waals surface area contributed by atoms with Crippen LogP contribution in [0.3, 0.4) is 0 Å². The third kappa shape index (κ3) is 30.2. The standard InChI is InChI=1S/4C8H17.C6H12O3.C5H11O.O.2Sn/c4*1-3-5-7-8-6-4-2;1-5(2)3-4-9-6(7)8;1-5(2)3-4-6;;;/h4*1,3-8H2,2H3;5H,3-4H2,1-2H3,(H,7,8);5H,3-4H2,1-2H3;;;/q;;;;;-1;;2*+1/p-1. The van der Waals surface area contributed by atoms with Crippen molar-refractivity contribution in [2.45, 2.75) is 240 Å². The van der Waals surface area contributed by atoms with E-state index in [1.807, 2.05) is 0 Å². The van der Waals surface area contributed by atoms with Crippen molar-refractivity contribution < 1.29 is 17.1 Å². The Morgan fingerprint density at radius 1 is 0.440 bits per heavy atom. The molecule has 0 aromatic heterocycles. The molecule has 0 bridgehead atoms. The van der Waals surface area contributed by atoms with Crippen LogP contribution in [0, 0.1) is 11.8 Å². The Morgan fingerprint density at radius 2 is 0.760 bits per heavy atom. The average molecular weight is 925 g/mol. The Bertz CT molecular complexity index is 700. The minimum atomic E-state index is -3.98. The zero-order valence-corrected chi connectivity index (χ0v) is 41.0. The van der Waals surface area contributed by atoms with E-state index in [4.69, 9.17) is 12.3 Å². The first kappa shape index (κ1) is 50.8. The second-order valence-corrected chi connectivity index (χ2v) is 38.4. The Kier molecular flexibility index (Phi) is 36.0. The van der Waals surface area contributed by atoms with E-state index in [0.29, 0.717) is 18.4 Å². The molecule has 0 aliphatic heterocycles. The summed E-state index contributed by atoms with van der Waals surface area (Å²) in [7, 11) is 0. The SMILES string of the molecule is CCCCCCC[CH2][Sn]([CH2]CCCCCCC)([O]CCC(C)C)[O][Sn]([CH2]CCCCCCC)([CH2]CCCCCCC)[O]C(=O)OCCC(C)C. The zero-order valence-electron chi connectivity index (χ0n) is 35.3. The number of unbranched alkanes of at least 4 members (excludes halogenated alkanes) is 20. The summed E-state index contributed by atoms with van der Waals surface area (Å²) in [6.07, 6.45) is 31.8. The second-order valence-electron chi connectivity index (χ2n) is 16.4. The molecular formula is C43H90O5Sn2. The average Bonchev–Trinajstić information content (AvgIpc) is 3.07. The molecule has 0 radical (unpaired) electrons. The number of hydrogen-bond donors (Lipinski definition) is 0. The summed E-state index contributed by atoms with van der Waals surface area (Å²) in [6, 6.07) is 0. The van der Waals surface area contributed by atoms with Crippen molar-refractivity contribution in [1.29, 1.82) is 0 Å². The van der Waals surface area contributed by atoms with Gasteiger partial charge in [-0.2, -0.15) is 0 Å². The maximum atomic E-state index is 13.6. The van der Waals surface area contributed by atoms with Gasteiger partial charge in [0.1, 0.15) is 0 Å². The van der Waals surface area contributed by atoms with Crippen LogP contribution in [-0.2, 0) is 12.3 Å². The fraction of sp³-hybridized carbons (Fsp3) is 0.977. The molecule has 0 saturated heterocycles. The predicted octanol–water partition coefficient (Wildman–Crippen LogP) is 15.6. The molecule has 50 heavy (non-hydrogen) atoms. The fourth-order valence-electron chi connectivity index (χ4n) is 6.83. The molecule has 0 amide bonds. The van der Waals surface area contributed by atoms with Gasteiger partial charge in [-0.25, -0.2) is 0 Å². The number of carbonyl (C=O) groups excluding carboxylic acids is 1. The molecule has 0 aliphatic rings. The first-order valence-corrected chi connectivity index (χ1v) is 35.1. The third-order valence-corrected chi connectivity index (χ3v) is 43.0. The van der Waals surface area contributed by atoms with Crippen molar-refractivity contribution >= 4 is 44.6 Å². The summed E-state index contributed by atoms with van der Waals surface area (Å²) in [4.78, 5) is 13.6. The monoisotopic (exact) mass is 926 g/mol. The summed E-state index contributed by atoms with van der Waals surface area (Å²) in [5.41, 5.74) is 0. The molecule has 0 aliphatic carbocycles. The van der Waals surface area contributed by atoms with Crippen LogP contribution in [0.15, 0.2) is 0 Å². The van der Waals surface area contributed by atoms with Crippen molar-refractivity contribution in [2.24, 2.45) is 11.8 Å². The topological polar surface area (TPSA) is 54.0 Å². The quantitative estimate of drug-likeness (QED) is 0.0351. The van der Waals surface area contributed by atoms with Gasteiger partial charge < -0.3 is 0 Å². The zero-order chi connectivity index (χ0) is 37.2. The van der Waals surface area contributed by atoms with Crippen molar-refractivity contribution in [1.82, 2.24) is 0 Å². The number of ether oxygens (including phenoxy) is 1. The van der Waals surface area contributed by atoms with E-state index in [2.05, 4.69) is 55.4 Å². The van der Waals surface area contributed by atoms with Gasteiger partial charge in [0, 0.05) is 0 Å². The molecule has 0 heterocycles. The van der Waals surface area contributed by atoms with Gasteiger partial charge in [-0.1, -0.05) is 0 Å². The summed E-state index contributed by atoms with van der Waals surface area (Å²) in [5, 5.41) is 0. The van der Waals surface area contributed by atoms with Gasteiger partial charge in [-0.15, -0.1) is 0 Å². The van der Waals surface area contributed by atoms with Gasteiger partial charge in [-0.3, -0.25) is 0 Å². The van der Waals surface area contributed by atoms with Crippen molar-refractivity contribution in [3.05, 3.63) is 0 Å². The molecule has 0 unspecified atom stereocenters. The van der Waals surface area contributed by atoms with E-state index in [9.17, 15) is 4.79 Å². The van der Waals surface area contributed by atoms with Gasteiger partial charge in [0.2, 0.25) is 0 Å². The maximum absolute atomic E-state index is 13.6. The van der Waals surface area contributed by atoms with Crippen LogP contribution in [0.4, 0.5) is 4.79 Å². The summed E-state index contributed by atoms with van der Waals surface area (Å²) >= 11 is -7.66. The van der Waals surface area contributed by atoms with Gasteiger partial charge in [-0.05, 0) is 0 Å². The Labute approximate surface area is 324 Å². The molecule has 7 heteroatoms. The molecule has 0 rings (SSSR count). The van der Waals surface area contributed by atoms with Crippen LogP contribution < -0.4 is 0 Å². The molecule has 0 aromatic carbocycles. The van der Waals surface area contributed by atoms with Crippen LogP contribution in [0.25, 0.3) is 0 Å². The van der Waals surface area contributed by atoms with Crippen LogP contribution in [0.1, 0.15) is 222 Å².